The molecule has 2 rings (SSSR count). The molecular weight excluding hydrogens is 290 g/mol. The average molecular weight is 311 g/mol. The second-order valence-corrected chi connectivity index (χ2v) is 7.62. The summed E-state index contributed by atoms with van der Waals surface area (Å²) in [5, 5.41) is 0.360. The van der Waals surface area contributed by atoms with Crippen molar-refractivity contribution >= 4 is 16.9 Å². The minimum Gasteiger partial charge on any atom is -0.444 e. The molecule has 0 aromatic carbocycles. The monoisotopic (exact) mass is 311 g/mol. The van der Waals surface area contributed by atoms with E-state index in [2.05, 4.69) is 9.97 Å². The van der Waals surface area contributed by atoms with Gasteiger partial charge in [0.25, 0.3) is 0 Å². The van der Waals surface area contributed by atoms with E-state index < -0.39 is 16.4 Å². The van der Waals surface area contributed by atoms with Crippen LogP contribution >= 0.6 is 0 Å². The third-order valence-electron chi connectivity index (χ3n) is 3.12. The lowest BCUT2D eigenvalue weighted by atomic mass is 10.1. The molecule has 0 aliphatic carbocycles. The normalized spacial score (nSPS) is 18.3. The Kier molecular flexibility index (Phi) is 4.92. The number of aromatic nitrogens is 2. The van der Waals surface area contributed by atoms with Crippen LogP contribution in [-0.4, -0.2) is 49.1 Å². The number of piperidine rings is 1. The number of hydrogen-bond donors (Lipinski definition) is 0. The van der Waals surface area contributed by atoms with Gasteiger partial charge in [0.05, 0.1) is 10.8 Å². The van der Waals surface area contributed by atoms with Crippen LogP contribution in [0, 0.1) is 0 Å². The van der Waals surface area contributed by atoms with Crippen molar-refractivity contribution in [3.05, 3.63) is 18.5 Å². The fourth-order valence-corrected chi connectivity index (χ4v) is 3.38. The number of carbonyl (C=O) groups is 1. The molecular formula is C14H21N3O3S. The average Bonchev–Trinajstić information content (AvgIpc) is 2.46. The fraction of sp³-hybridized carbons (Fsp3) is 0.643. The van der Waals surface area contributed by atoms with Gasteiger partial charge in [-0.1, -0.05) is 0 Å². The molecule has 1 atom stereocenters. The SMILES string of the molecule is CC(C)(C)OC(=O)N1CCC([S@](=O)c2ncccn2)CC1. The summed E-state index contributed by atoms with van der Waals surface area (Å²) in [6.07, 6.45) is 4.23. The highest BCUT2D eigenvalue weighted by Crippen LogP contribution is 2.20. The molecule has 0 N–H and O–H groups in total. The van der Waals surface area contributed by atoms with Gasteiger partial charge in [-0.3, -0.25) is 4.21 Å². The Balaban J connectivity index is 1.89. The Bertz CT molecular complexity index is 508. The molecule has 1 aromatic heterocycles. The molecule has 1 aliphatic rings. The number of ether oxygens (including phenoxy) is 1. The minimum atomic E-state index is -1.22. The maximum Gasteiger partial charge on any atom is 0.410 e. The first-order valence-electron chi connectivity index (χ1n) is 7.02. The predicted molar refractivity (Wildman–Crippen MR) is 79.3 cm³/mol. The number of hydrogen-bond acceptors (Lipinski definition) is 5. The van der Waals surface area contributed by atoms with E-state index in [0.29, 0.717) is 31.1 Å². The molecule has 21 heavy (non-hydrogen) atoms. The van der Waals surface area contributed by atoms with Crippen LogP contribution in [0.2, 0.25) is 0 Å². The molecule has 0 spiro atoms. The van der Waals surface area contributed by atoms with Crippen molar-refractivity contribution in [2.45, 2.75) is 49.6 Å². The van der Waals surface area contributed by atoms with Gasteiger partial charge in [0.15, 0.2) is 0 Å². The number of nitrogens with zero attached hydrogens (tertiary/aromatic N) is 3. The van der Waals surface area contributed by atoms with Crippen LogP contribution in [0.4, 0.5) is 4.79 Å². The zero-order valence-electron chi connectivity index (χ0n) is 12.6. The fourth-order valence-electron chi connectivity index (χ4n) is 2.12. The van der Waals surface area contributed by atoms with Gasteiger partial charge in [-0.2, -0.15) is 0 Å². The van der Waals surface area contributed by atoms with Gasteiger partial charge in [-0.25, -0.2) is 14.8 Å². The molecule has 0 saturated carbocycles. The van der Waals surface area contributed by atoms with Gasteiger partial charge in [0, 0.05) is 30.7 Å². The van der Waals surface area contributed by atoms with Crippen molar-refractivity contribution in [3.63, 3.8) is 0 Å². The summed E-state index contributed by atoms with van der Waals surface area (Å²) < 4.78 is 17.7. The van der Waals surface area contributed by atoms with E-state index in [1.807, 2.05) is 20.8 Å². The molecule has 0 radical (unpaired) electrons. The molecule has 1 saturated heterocycles. The molecule has 7 heteroatoms. The summed E-state index contributed by atoms with van der Waals surface area (Å²) in [6, 6.07) is 1.70. The maximum absolute atomic E-state index is 12.4. The Morgan fingerprint density at radius 1 is 1.29 bits per heavy atom. The third-order valence-corrected chi connectivity index (χ3v) is 4.77. The summed E-state index contributed by atoms with van der Waals surface area (Å²) in [6.45, 7) is 6.65. The standard InChI is InChI=1S/C14H21N3O3S/c1-14(2,3)20-13(18)17-9-5-11(6-10-17)21(19)12-15-7-4-8-16-12/h4,7-8,11H,5-6,9-10H2,1-3H3/t21-/m0/s1. The smallest absolute Gasteiger partial charge is 0.410 e. The van der Waals surface area contributed by atoms with Gasteiger partial charge >= 0.3 is 6.09 Å². The van der Waals surface area contributed by atoms with Crippen LogP contribution in [0.3, 0.4) is 0 Å². The zero-order chi connectivity index (χ0) is 15.5. The number of amides is 1. The first kappa shape index (κ1) is 15.9. The highest BCUT2D eigenvalue weighted by Gasteiger charge is 2.30. The van der Waals surface area contributed by atoms with Crippen LogP contribution in [0.1, 0.15) is 33.6 Å². The number of likely N-dealkylation sites (tertiary alicyclic amines) is 1. The highest BCUT2D eigenvalue weighted by molar-refractivity contribution is 7.85. The summed E-state index contributed by atoms with van der Waals surface area (Å²) in [7, 11) is -1.22. The quantitative estimate of drug-likeness (QED) is 0.781. The van der Waals surface area contributed by atoms with E-state index in [1.165, 1.54) is 0 Å². The third kappa shape index (κ3) is 4.49. The Labute approximate surface area is 127 Å². The van der Waals surface area contributed by atoms with E-state index >= 15 is 0 Å². The van der Waals surface area contributed by atoms with Crippen LogP contribution < -0.4 is 0 Å². The molecule has 2 heterocycles. The number of rotatable bonds is 2. The summed E-state index contributed by atoms with van der Waals surface area (Å²) in [4.78, 5) is 21.7. The second kappa shape index (κ2) is 6.51. The van der Waals surface area contributed by atoms with Gasteiger partial charge in [-0.05, 0) is 39.7 Å². The maximum atomic E-state index is 12.4. The second-order valence-electron chi connectivity index (χ2n) is 6.00. The minimum absolute atomic E-state index is 0.00825. The van der Waals surface area contributed by atoms with Crippen molar-refractivity contribution in [3.8, 4) is 0 Å². The van der Waals surface area contributed by atoms with Gasteiger partial charge in [0.1, 0.15) is 5.60 Å². The van der Waals surface area contributed by atoms with E-state index in [1.54, 1.807) is 23.4 Å². The van der Waals surface area contributed by atoms with E-state index in [-0.39, 0.29) is 11.3 Å². The molecule has 0 unspecified atom stereocenters. The molecule has 1 fully saturated rings. The first-order valence-corrected chi connectivity index (χ1v) is 8.23. The largest absolute Gasteiger partial charge is 0.444 e. The van der Waals surface area contributed by atoms with Gasteiger partial charge in [0.2, 0.25) is 5.16 Å². The van der Waals surface area contributed by atoms with Crippen molar-refractivity contribution in [2.75, 3.05) is 13.1 Å². The lowest BCUT2D eigenvalue weighted by Crippen LogP contribution is -2.43. The summed E-state index contributed by atoms with van der Waals surface area (Å²) in [5.74, 6) is 0. The van der Waals surface area contributed by atoms with E-state index in [0.717, 1.165) is 0 Å². The Hall–Kier alpha value is -1.50. The molecule has 1 aliphatic heterocycles. The topological polar surface area (TPSA) is 72.4 Å². The molecule has 0 bridgehead atoms. The molecule has 6 nitrogen and oxygen atoms in total. The molecule has 116 valence electrons. The van der Waals surface area contributed by atoms with E-state index in [4.69, 9.17) is 4.74 Å². The summed E-state index contributed by atoms with van der Waals surface area (Å²) in [5.41, 5.74) is -0.491. The lowest BCUT2D eigenvalue weighted by Gasteiger charge is -2.32. The van der Waals surface area contributed by atoms with E-state index in [9.17, 15) is 9.00 Å². The Morgan fingerprint density at radius 2 is 1.86 bits per heavy atom. The molecule has 1 aromatic rings. The van der Waals surface area contributed by atoms with Crippen molar-refractivity contribution in [1.29, 1.82) is 0 Å². The molecule has 1 amide bonds. The summed E-state index contributed by atoms with van der Waals surface area (Å²) >= 11 is 0. The first-order chi connectivity index (χ1) is 9.87. The zero-order valence-corrected chi connectivity index (χ0v) is 13.4. The van der Waals surface area contributed by atoms with Crippen LogP contribution in [0.5, 0.6) is 0 Å². The highest BCUT2D eigenvalue weighted by atomic mass is 32.2. The van der Waals surface area contributed by atoms with Crippen LogP contribution in [0.15, 0.2) is 23.6 Å². The van der Waals surface area contributed by atoms with Crippen molar-refractivity contribution in [1.82, 2.24) is 14.9 Å². The van der Waals surface area contributed by atoms with Gasteiger partial charge in [-0.15, -0.1) is 0 Å². The van der Waals surface area contributed by atoms with Crippen LogP contribution in [0.25, 0.3) is 0 Å². The Morgan fingerprint density at radius 3 is 2.38 bits per heavy atom. The predicted octanol–water partition coefficient (Wildman–Crippen LogP) is 1.98. The van der Waals surface area contributed by atoms with Crippen molar-refractivity contribution in [2.24, 2.45) is 0 Å². The lowest BCUT2D eigenvalue weighted by molar-refractivity contribution is 0.0218. The number of carbonyl (C=O) groups excluding carboxylic acids is 1. The van der Waals surface area contributed by atoms with Gasteiger partial charge < -0.3 is 9.64 Å². The van der Waals surface area contributed by atoms with Crippen molar-refractivity contribution < 1.29 is 13.7 Å². The van der Waals surface area contributed by atoms with Crippen LogP contribution in [-0.2, 0) is 15.5 Å².